The summed E-state index contributed by atoms with van der Waals surface area (Å²) in [4.78, 5) is 27.0. The number of benzene rings is 2. The van der Waals surface area contributed by atoms with E-state index in [1.165, 1.54) is 16.7 Å². The summed E-state index contributed by atoms with van der Waals surface area (Å²) in [6.07, 6.45) is 0. The van der Waals surface area contributed by atoms with Crippen molar-refractivity contribution in [1.82, 2.24) is 10.2 Å². The Hall–Kier alpha value is -1.98. The highest BCUT2D eigenvalue weighted by Gasteiger charge is 2.26. The number of thioether (sulfide) groups is 1. The summed E-state index contributed by atoms with van der Waals surface area (Å²) in [6, 6.07) is 13.3. The summed E-state index contributed by atoms with van der Waals surface area (Å²) >= 11 is 7.85. The van der Waals surface area contributed by atoms with E-state index in [1.807, 2.05) is 25.1 Å². The second-order valence-corrected chi connectivity index (χ2v) is 8.57. The van der Waals surface area contributed by atoms with Gasteiger partial charge >= 0.3 is 0 Å². The second-order valence-electron chi connectivity index (χ2n) is 7.17. The third-order valence-electron chi connectivity index (χ3n) is 4.59. The van der Waals surface area contributed by atoms with E-state index < -0.39 is 6.04 Å². The third kappa shape index (κ3) is 7.09. The van der Waals surface area contributed by atoms with Crippen LogP contribution in [0.2, 0.25) is 5.02 Å². The molecule has 0 aromatic heterocycles. The minimum Gasteiger partial charge on any atom is -0.355 e. The Kier molecular flexibility index (Phi) is 9.05. The predicted octanol–water partition coefficient (Wildman–Crippen LogP) is 4.74. The number of likely N-dealkylation sites (N-methyl/N-ethyl adjacent to an activating group) is 1. The molecule has 1 N–H and O–H groups in total. The van der Waals surface area contributed by atoms with Crippen molar-refractivity contribution >= 4 is 35.2 Å². The molecule has 2 aromatic carbocycles. The molecule has 6 heteroatoms. The molecule has 0 aliphatic heterocycles. The average Bonchev–Trinajstić information content (AvgIpc) is 2.66. The van der Waals surface area contributed by atoms with Crippen molar-refractivity contribution in [3.63, 3.8) is 0 Å². The Bertz CT molecular complexity index is 836. The maximum absolute atomic E-state index is 13.0. The van der Waals surface area contributed by atoms with Gasteiger partial charge in [0, 0.05) is 23.9 Å². The van der Waals surface area contributed by atoms with Crippen molar-refractivity contribution < 1.29 is 9.59 Å². The average molecular weight is 433 g/mol. The minimum absolute atomic E-state index is 0.0713. The zero-order valence-electron chi connectivity index (χ0n) is 17.5. The molecule has 0 heterocycles. The summed E-state index contributed by atoms with van der Waals surface area (Å²) in [5.74, 6) is 0.829. The summed E-state index contributed by atoms with van der Waals surface area (Å²) < 4.78 is 0. The van der Waals surface area contributed by atoms with Gasteiger partial charge in [0.25, 0.3) is 0 Å². The number of nitrogens with zero attached hydrogens (tertiary/aromatic N) is 1. The molecule has 4 nitrogen and oxygen atoms in total. The lowest BCUT2D eigenvalue weighted by molar-refractivity contribution is -0.138. The number of carbonyl (C=O) groups excluding carboxylic acids is 2. The van der Waals surface area contributed by atoms with Crippen molar-refractivity contribution in [2.24, 2.45) is 0 Å². The monoisotopic (exact) mass is 432 g/mol. The summed E-state index contributed by atoms with van der Waals surface area (Å²) in [5, 5.41) is 3.40. The molecule has 0 aliphatic carbocycles. The number of hydrogen-bond acceptors (Lipinski definition) is 3. The molecule has 0 bridgehead atoms. The molecule has 0 aliphatic rings. The highest BCUT2D eigenvalue weighted by molar-refractivity contribution is 7.99. The highest BCUT2D eigenvalue weighted by Crippen LogP contribution is 2.21. The van der Waals surface area contributed by atoms with Crippen LogP contribution >= 0.6 is 23.4 Å². The Balaban J connectivity index is 2.08. The van der Waals surface area contributed by atoms with Crippen molar-refractivity contribution in [2.75, 3.05) is 12.3 Å². The van der Waals surface area contributed by atoms with E-state index in [9.17, 15) is 9.59 Å². The summed E-state index contributed by atoms with van der Waals surface area (Å²) in [6.45, 7) is 8.61. The largest absolute Gasteiger partial charge is 0.355 e. The zero-order valence-corrected chi connectivity index (χ0v) is 19.1. The third-order valence-corrected chi connectivity index (χ3v) is 5.95. The molecule has 2 rings (SSSR count). The molecular weight excluding hydrogens is 404 g/mol. The first-order valence-electron chi connectivity index (χ1n) is 9.77. The summed E-state index contributed by atoms with van der Waals surface area (Å²) in [7, 11) is 0. The smallest absolute Gasteiger partial charge is 0.242 e. The molecule has 0 radical (unpaired) electrons. The van der Waals surface area contributed by atoms with Crippen LogP contribution in [0.5, 0.6) is 0 Å². The normalized spacial score (nSPS) is 11.8. The number of nitrogens with one attached hydrogen (secondary N) is 1. The molecular formula is C23H29ClN2O2S. The Morgan fingerprint density at radius 2 is 1.79 bits per heavy atom. The van der Waals surface area contributed by atoms with Gasteiger partial charge in [0.2, 0.25) is 11.8 Å². The van der Waals surface area contributed by atoms with E-state index in [0.29, 0.717) is 23.9 Å². The van der Waals surface area contributed by atoms with Crippen LogP contribution in [0.3, 0.4) is 0 Å². The van der Waals surface area contributed by atoms with Crippen LogP contribution in [-0.2, 0) is 21.9 Å². The van der Waals surface area contributed by atoms with Gasteiger partial charge in [-0.1, -0.05) is 59.1 Å². The fourth-order valence-electron chi connectivity index (χ4n) is 3.21. The lowest BCUT2D eigenvalue weighted by Crippen LogP contribution is -2.48. The van der Waals surface area contributed by atoms with E-state index in [2.05, 4.69) is 37.4 Å². The molecule has 0 fully saturated rings. The first-order valence-corrected chi connectivity index (χ1v) is 11.3. The van der Waals surface area contributed by atoms with Crippen LogP contribution in [0.25, 0.3) is 0 Å². The molecule has 1 atom stereocenters. The van der Waals surface area contributed by atoms with Gasteiger partial charge in [-0.25, -0.2) is 0 Å². The Morgan fingerprint density at radius 1 is 1.14 bits per heavy atom. The van der Waals surface area contributed by atoms with Gasteiger partial charge in [-0.2, -0.15) is 0 Å². The molecule has 2 aromatic rings. The van der Waals surface area contributed by atoms with Gasteiger partial charge in [0.15, 0.2) is 0 Å². The topological polar surface area (TPSA) is 49.4 Å². The molecule has 0 saturated heterocycles. The Labute approximate surface area is 183 Å². The summed E-state index contributed by atoms with van der Waals surface area (Å²) in [5.41, 5.74) is 4.47. The Morgan fingerprint density at radius 3 is 2.41 bits per heavy atom. The molecule has 156 valence electrons. The molecule has 0 spiro atoms. The van der Waals surface area contributed by atoms with E-state index in [-0.39, 0.29) is 11.8 Å². The fraction of sp³-hybridized carbons (Fsp3) is 0.391. The van der Waals surface area contributed by atoms with Gasteiger partial charge in [0.05, 0.1) is 5.75 Å². The zero-order chi connectivity index (χ0) is 21.4. The van der Waals surface area contributed by atoms with Crippen LogP contribution in [0.15, 0.2) is 42.5 Å². The molecule has 2 amide bonds. The van der Waals surface area contributed by atoms with Crippen LogP contribution in [0, 0.1) is 13.8 Å². The van der Waals surface area contributed by atoms with Crippen molar-refractivity contribution in [3.8, 4) is 0 Å². The van der Waals surface area contributed by atoms with Gasteiger partial charge < -0.3 is 10.2 Å². The van der Waals surface area contributed by atoms with Gasteiger partial charge in [-0.3, -0.25) is 9.59 Å². The number of amides is 2. The lowest BCUT2D eigenvalue weighted by Gasteiger charge is -2.29. The lowest BCUT2D eigenvalue weighted by atomic mass is 10.1. The van der Waals surface area contributed by atoms with Crippen molar-refractivity contribution in [3.05, 3.63) is 69.7 Å². The highest BCUT2D eigenvalue weighted by atomic mass is 35.5. The maximum atomic E-state index is 13.0. The number of aryl methyl sites for hydroxylation is 2. The van der Waals surface area contributed by atoms with E-state index in [4.69, 9.17) is 11.6 Å². The number of hydrogen-bond donors (Lipinski definition) is 1. The number of halogens is 1. The number of rotatable bonds is 9. The second kappa shape index (κ2) is 11.3. The standard InChI is InChI=1S/C23H29ClN2O2S/c1-5-25-23(28)18(4)26(13-20-8-6-7-9-21(20)24)22(27)15-29-14-19-11-16(2)10-17(3)12-19/h6-12,18H,5,13-15H2,1-4H3,(H,25,28)/t18-/m0/s1. The van der Waals surface area contributed by atoms with Gasteiger partial charge in [-0.15, -0.1) is 11.8 Å². The minimum atomic E-state index is -0.569. The van der Waals surface area contributed by atoms with Gasteiger partial charge in [0.1, 0.15) is 6.04 Å². The van der Waals surface area contributed by atoms with Gasteiger partial charge in [-0.05, 0) is 44.9 Å². The van der Waals surface area contributed by atoms with Crippen LogP contribution in [-0.4, -0.2) is 35.1 Å². The first kappa shape index (κ1) is 23.3. The first-order chi connectivity index (χ1) is 13.8. The molecule has 0 unspecified atom stereocenters. The van der Waals surface area contributed by atoms with Crippen LogP contribution in [0.1, 0.15) is 36.1 Å². The fourth-order valence-corrected chi connectivity index (χ4v) is 4.25. The van der Waals surface area contributed by atoms with Crippen LogP contribution in [0.4, 0.5) is 0 Å². The van der Waals surface area contributed by atoms with Crippen molar-refractivity contribution in [1.29, 1.82) is 0 Å². The quantitative estimate of drug-likeness (QED) is 0.622. The van der Waals surface area contributed by atoms with E-state index in [1.54, 1.807) is 29.7 Å². The van der Waals surface area contributed by atoms with E-state index >= 15 is 0 Å². The van der Waals surface area contributed by atoms with Crippen LogP contribution < -0.4 is 5.32 Å². The van der Waals surface area contributed by atoms with Crippen molar-refractivity contribution in [2.45, 2.75) is 46.0 Å². The SMILES string of the molecule is CCNC(=O)[C@H](C)N(Cc1ccccc1Cl)C(=O)CSCc1cc(C)cc(C)c1. The predicted molar refractivity (Wildman–Crippen MR) is 122 cm³/mol. The molecule has 0 saturated carbocycles. The maximum Gasteiger partial charge on any atom is 0.242 e. The molecule has 29 heavy (non-hydrogen) atoms. The van der Waals surface area contributed by atoms with E-state index in [0.717, 1.165) is 11.3 Å². The number of carbonyl (C=O) groups is 2.